The molecule has 0 aliphatic carbocycles. The lowest BCUT2D eigenvalue weighted by atomic mass is 9.89. The molecule has 3 rings (SSSR count). The molecule has 3 heteroatoms. The van der Waals surface area contributed by atoms with Crippen LogP contribution >= 0.6 is 11.6 Å². The Morgan fingerprint density at radius 1 is 1.11 bits per heavy atom. The van der Waals surface area contributed by atoms with Crippen molar-refractivity contribution < 1.29 is 0 Å². The molecule has 3 aromatic rings. The smallest absolute Gasteiger partial charge is 0.158 e. The number of nitrogens with one attached hydrogen (secondary N) is 1. The second-order valence-corrected chi connectivity index (χ2v) is 4.93. The summed E-state index contributed by atoms with van der Waals surface area (Å²) in [7, 11) is 0. The summed E-state index contributed by atoms with van der Waals surface area (Å²) in [5.41, 5.74) is 3.46. The van der Waals surface area contributed by atoms with Gasteiger partial charge in [-0.25, -0.2) is 0 Å². The number of fused-ring (bicyclic) bond motifs is 1. The average Bonchev–Trinajstić information content (AvgIpc) is 2.82. The summed E-state index contributed by atoms with van der Waals surface area (Å²) in [6.45, 7) is 4.07. The zero-order valence-corrected chi connectivity index (χ0v) is 11.2. The summed E-state index contributed by atoms with van der Waals surface area (Å²) >= 11 is 6.08. The van der Waals surface area contributed by atoms with Crippen LogP contribution in [0.1, 0.15) is 23.5 Å². The first-order valence-corrected chi connectivity index (χ1v) is 6.65. The molecule has 1 radical (unpaired) electrons. The topological polar surface area (TPSA) is 28.7 Å². The van der Waals surface area contributed by atoms with Crippen LogP contribution in [0.2, 0.25) is 5.15 Å². The zero-order valence-electron chi connectivity index (χ0n) is 10.4. The van der Waals surface area contributed by atoms with E-state index in [1.165, 1.54) is 11.1 Å². The number of H-pyrrole nitrogens is 1. The van der Waals surface area contributed by atoms with Gasteiger partial charge in [-0.3, -0.25) is 5.10 Å². The fraction of sp³-hybridized carbons (Fsp3) is 0.125. The predicted octanol–water partition coefficient (Wildman–Crippen LogP) is 4.57. The highest BCUT2D eigenvalue weighted by Crippen LogP contribution is 2.31. The van der Waals surface area contributed by atoms with Crippen molar-refractivity contribution in [1.29, 1.82) is 0 Å². The first-order chi connectivity index (χ1) is 9.29. The summed E-state index contributed by atoms with van der Waals surface area (Å²) < 4.78 is 0. The van der Waals surface area contributed by atoms with Crippen LogP contribution in [0.25, 0.3) is 10.9 Å². The van der Waals surface area contributed by atoms with E-state index >= 15 is 0 Å². The summed E-state index contributed by atoms with van der Waals surface area (Å²) in [5, 5.41) is 8.42. The maximum absolute atomic E-state index is 6.08. The molecule has 0 spiro atoms. The van der Waals surface area contributed by atoms with Crippen molar-refractivity contribution >= 4 is 22.5 Å². The molecule has 0 saturated carbocycles. The lowest BCUT2D eigenvalue weighted by Gasteiger charge is -2.16. The zero-order chi connectivity index (χ0) is 13.2. The third-order valence-corrected chi connectivity index (χ3v) is 3.72. The van der Waals surface area contributed by atoms with Crippen LogP contribution in [0.3, 0.4) is 0 Å². The third-order valence-electron chi connectivity index (χ3n) is 3.43. The summed E-state index contributed by atoms with van der Waals surface area (Å²) in [6, 6.07) is 16.6. The van der Waals surface area contributed by atoms with Crippen LogP contribution in [0.4, 0.5) is 0 Å². The maximum Gasteiger partial charge on any atom is 0.158 e. The van der Waals surface area contributed by atoms with Crippen molar-refractivity contribution in [1.82, 2.24) is 10.2 Å². The van der Waals surface area contributed by atoms with Gasteiger partial charge in [-0.05, 0) is 29.7 Å². The van der Waals surface area contributed by atoms with Crippen molar-refractivity contribution in [2.45, 2.75) is 12.3 Å². The molecule has 0 bridgehead atoms. The number of rotatable bonds is 3. The largest absolute Gasteiger partial charge is 0.276 e. The van der Waals surface area contributed by atoms with Crippen molar-refractivity contribution in [2.24, 2.45) is 0 Å². The minimum atomic E-state index is 0.288. The van der Waals surface area contributed by atoms with Gasteiger partial charge < -0.3 is 0 Å². The number of benzene rings is 2. The lowest BCUT2D eigenvalue weighted by Crippen LogP contribution is -1.99. The molecule has 1 aromatic heterocycles. The standard InChI is InChI=1S/C16H14ClN2/c1-2-13(11-6-4-3-5-7-11)12-8-9-15-14(10-12)16(17)19-18-15/h3-10,13H,1-2H2,(H,18,19). The van der Waals surface area contributed by atoms with E-state index in [2.05, 4.69) is 53.5 Å². The van der Waals surface area contributed by atoms with Gasteiger partial charge in [0.1, 0.15) is 0 Å². The quantitative estimate of drug-likeness (QED) is 0.741. The van der Waals surface area contributed by atoms with Crippen LogP contribution in [-0.2, 0) is 0 Å². The monoisotopic (exact) mass is 269 g/mol. The van der Waals surface area contributed by atoms with Crippen LogP contribution in [0, 0.1) is 6.92 Å². The minimum Gasteiger partial charge on any atom is -0.276 e. The molecule has 1 atom stereocenters. The average molecular weight is 270 g/mol. The van der Waals surface area contributed by atoms with Crippen LogP contribution in [-0.4, -0.2) is 10.2 Å². The molecule has 0 fully saturated rings. The van der Waals surface area contributed by atoms with Gasteiger partial charge in [0.15, 0.2) is 5.15 Å². The molecule has 0 amide bonds. The lowest BCUT2D eigenvalue weighted by molar-refractivity contribution is 0.829. The van der Waals surface area contributed by atoms with E-state index in [0.29, 0.717) is 5.15 Å². The number of halogens is 1. The molecular formula is C16H14ClN2. The van der Waals surface area contributed by atoms with Gasteiger partial charge >= 0.3 is 0 Å². The summed E-state index contributed by atoms with van der Waals surface area (Å²) in [5.74, 6) is 0.288. The first-order valence-electron chi connectivity index (χ1n) is 6.27. The van der Waals surface area contributed by atoms with Crippen LogP contribution in [0.15, 0.2) is 48.5 Å². The van der Waals surface area contributed by atoms with E-state index < -0.39 is 0 Å². The maximum atomic E-state index is 6.08. The second kappa shape index (κ2) is 5.06. The summed E-state index contributed by atoms with van der Waals surface area (Å²) in [6.07, 6.45) is 0.811. The highest BCUT2D eigenvalue weighted by molar-refractivity contribution is 6.34. The van der Waals surface area contributed by atoms with Crippen LogP contribution in [0.5, 0.6) is 0 Å². The van der Waals surface area contributed by atoms with E-state index in [-0.39, 0.29) is 5.92 Å². The van der Waals surface area contributed by atoms with Crippen molar-refractivity contribution in [2.75, 3.05) is 0 Å². The van der Waals surface area contributed by atoms with Gasteiger partial charge in [-0.15, -0.1) is 0 Å². The Balaban J connectivity index is 2.08. The van der Waals surface area contributed by atoms with E-state index in [9.17, 15) is 0 Å². The molecule has 95 valence electrons. The second-order valence-electron chi connectivity index (χ2n) is 4.57. The first kappa shape index (κ1) is 12.2. The highest BCUT2D eigenvalue weighted by atomic mass is 35.5. The molecule has 1 heterocycles. The Kier molecular flexibility index (Phi) is 3.26. The molecule has 2 nitrogen and oxygen atoms in total. The summed E-state index contributed by atoms with van der Waals surface area (Å²) in [4.78, 5) is 0. The van der Waals surface area contributed by atoms with E-state index in [0.717, 1.165) is 17.3 Å². The molecular weight excluding hydrogens is 256 g/mol. The fourth-order valence-electron chi connectivity index (χ4n) is 2.43. The van der Waals surface area contributed by atoms with Crippen molar-refractivity contribution in [3.63, 3.8) is 0 Å². The Morgan fingerprint density at radius 3 is 2.63 bits per heavy atom. The number of aromatic amines is 1. The van der Waals surface area contributed by atoms with Gasteiger partial charge in [-0.1, -0.05) is 54.9 Å². The molecule has 19 heavy (non-hydrogen) atoms. The highest BCUT2D eigenvalue weighted by Gasteiger charge is 2.13. The minimum absolute atomic E-state index is 0.288. The SMILES string of the molecule is [CH2]CC(c1ccccc1)c1ccc2[nH]nc(Cl)c2c1. The molecule has 2 aromatic carbocycles. The van der Waals surface area contributed by atoms with Gasteiger partial charge in [-0.2, -0.15) is 5.10 Å². The van der Waals surface area contributed by atoms with Crippen LogP contribution < -0.4 is 0 Å². The normalized spacial score (nSPS) is 12.7. The van der Waals surface area contributed by atoms with Gasteiger partial charge in [0.2, 0.25) is 0 Å². The number of hydrogen-bond donors (Lipinski definition) is 1. The van der Waals surface area contributed by atoms with E-state index in [1.807, 2.05) is 12.1 Å². The van der Waals surface area contributed by atoms with Gasteiger partial charge in [0, 0.05) is 11.3 Å². The molecule has 1 unspecified atom stereocenters. The van der Waals surface area contributed by atoms with Crippen molar-refractivity contribution in [3.8, 4) is 0 Å². The Morgan fingerprint density at radius 2 is 1.89 bits per heavy atom. The van der Waals surface area contributed by atoms with Gasteiger partial charge in [0.25, 0.3) is 0 Å². The number of aromatic nitrogens is 2. The fourth-order valence-corrected chi connectivity index (χ4v) is 2.63. The molecule has 0 aliphatic rings. The Labute approximate surface area is 117 Å². The van der Waals surface area contributed by atoms with E-state index in [1.54, 1.807) is 0 Å². The third kappa shape index (κ3) is 2.24. The predicted molar refractivity (Wildman–Crippen MR) is 79.4 cm³/mol. The number of nitrogens with zero attached hydrogens (tertiary/aromatic N) is 1. The van der Waals surface area contributed by atoms with Gasteiger partial charge in [0.05, 0.1) is 5.52 Å². The van der Waals surface area contributed by atoms with E-state index in [4.69, 9.17) is 11.6 Å². The molecule has 1 N–H and O–H groups in total. The Bertz CT molecular complexity index is 688. The molecule has 0 aliphatic heterocycles. The van der Waals surface area contributed by atoms with Crippen molar-refractivity contribution in [3.05, 3.63) is 71.7 Å². The number of hydrogen-bond acceptors (Lipinski definition) is 1. The Hall–Kier alpha value is -1.80. The molecule has 0 saturated heterocycles.